The Bertz CT molecular complexity index is 658. The fourth-order valence-corrected chi connectivity index (χ4v) is 2.05. The Labute approximate surface area is 104 Å². The van der Waals surface area contributed by atoms with E-state index in [2.05, 4.69) is 28.5 Å². The van der Waals surface area contributed by atoms with E-state index in [1.165, 1.54) is 5.39 Å². The van der Waals surface area contributed by atoms with Crippen molar-refractivity contribution in [2.24, 2.45) is 0 Å². The third kappa shape index (κ3) is 2.12. The van der Waals surface area contributed by atoms with Crippen LogP contribution in [0.5, 0.6) is 0 Å². The first-order valence-electron chi connectivity index (χ1n) is 5.41. The van der Waals surface area contributed by atoms with Gasteiger partial charge in [-0.1, -0.05) is 17.7 Å². The average molecular weight is 243 g/mol. The number of hydrogen-bond donors (Lipinski definition) is 2. The minimum absolute atomic E-state index is 0.734. The molecule has 17 heavy (non-hydrogen) atoms. The first kappa shape index (κ1) is 10.2. The molecule has 2 N–H and O–H groups in total. The smallest absolute Gasteiger partial charge is 0.0455 e. The number of anilines is 2. The standard InChI is InChI=1S/C14H11ClN2/c15-11-2-1-3-12(9-11)17-13-4-5-14-10(8-13)6-7-16-14/h1-9,16-17H. The van der Waals surface area contributed by atoms with Crippen molar-refractivity contribution < 1.29 is 0 Å². The van der Waals surface area contributed by atoms with Gasteiger partial charge in [0.1, 0.15) is 0 Å². The van der Waals surface area contributed by atoms with Gasteiger partial charge >= 0.3 is 0 Å². The van der Waals surface area contributed by atoms with E-state index in [4.69, 9.17) is 11.6 Å². The summed E-state index contributed by atoms with van der Waals surface area (Å²) in [6.45, 7) is 0. The molecule has 0 saturated heterocycles. The van der Waals surface area contributed by atoms with Crippen molar-refractivity contribution in [3.63, 3.8) is 0 Å². The predicted octanol–water partition coefficient (Wildman–Crippen LogP) is 4.56. The highest BCUT2D eigenvalue weighted by Gasteiger charge is 1.98. The lowest BCUT2D eigenvalue weighted by molar-refractivity contribution is 1.47. The van der Waals surface area contributed by atoms with Gasteiger partial charge in [-0.05, 0) is 42.5 Å². The van der Waals surface area contributed by atoms with E-state index in [9.17, 15) is 0 Å². The van der Waals surface area contributed by atoms with Crippen molar-refractivity contribution in [1.82, 2.24) is 4.98 Å². The van der Waals surface area contributed by atoms with Gasteiger partial charge in [0.25, 0.3) is 0 Å². The molecular formula is C14H11ClN2. The summed E-state index contributed by atoms with van der Waals surface area (Å²) in [6.07, 6.45) is 1.94. The van der Waals surface area contributed by atoms with Gasteiger partial charge in [0.15, 0.2) is 0 Å². The minimum Gasteiger partial charge on any atom is -0.361 e. The summed E-state index contributed by atoms with van der Waals surface area (Å²) >= 11 is 5.94. The quantitative estimate of drug-likeness (QED) is 0.677. The SMILES string of the molecule is Clc1cccc(Nc2ccc3[nH]ccc3c2)c1. The molecule has 3 heteroatoms. The lowest BCUT2D eigenvalue weighted by atomic mass is 10.2. The molecule has 3 aromatic rings. The molecule has 0 atom stereocenters. The topological polar surface area (TPSA) is 27.8 Å². The van der Waals surface area contributed by atoms with Crippen LogP contribution in [0.3, 0.4) is 0 Å². The van der Waals surface area contributed by atoms with Crippen LogP contribution in [0.15, 0.2) is 54.7 Å². The molecule has 3 rings (SSSR count). The number of rotatable bonds is 2. The minimum atomic E-state index is 0.734. The van der Waals surface area contributed by atoms with Crippen LogP contribution in [0.25, 0.3) is 10.9 Å². The van der Waals surface area contributed by atoms with E-state index >= 15 is 0 Å². The molecule has 0 unspecified atom stereocenters. The van der Waals surface area contributed by atoms with Gasteiger partial charge in [-0.25, -0.2) is 0 Å². The predicted molar refractivity (Wildman–Crippen MR) is 73.0 cm³/mol. The van der Waals surface area contributed by atoms with E-state index in [0.29, 0.717) is 0 Å². The van der Waals surface area contributed by atoms with Crippen LogP contribution in [-0.2, 0) is 0 Å². The molecule has 84 valence electrons. The highest BCUT2D eigenvalue weighted by Crippen LogP contribution is 2.23. The van der Waals surface area contributed by atoms with Gasteiger partial charge < -0.3 is 10.3 Å². The Kier molecular flexibility index (Phi) is 2.50. The third-order valence-electron chi connectivity index (χ3n) is 2.67. The molecule has 0 aliphatic carbocycles. The largest absolute Gasteiger partial charge is 0.361 e. The number of H-pyrrole nitrogens is 1. The van der Waals surface area contributed by atoms with Gasteiger partial charge in [-0.15, -0.1) is 0 Å². The number of nitrogens with one attached hydrogen (secondary N) is 2. The van der Waals surface area contributed by atoms with Crippen molar-refractivity contribution in [3.05, 3.63) is 59.8 Å². The van der Waals surface area contributed by atoms with E-state index in [-0.39, 0.29) is 0 Å². The highest BCUT2D eigenvalue weighted by atomic mass is 35.5. The maximum atomic E-state index is 5.94. The summed E-state index contributed by atoms with van der Waals surface area (Å²) in [5.41, 5.74) is 3.19. The Hall–Kier alpha value is -1.93. The molecule has 0 radical (unpaired) electrons. The molecule has 1 heterocycles. The number of halogens is 1. The van der Waals surface area contributed by atoms with Gasteiger partial charge in [-0.2, -0.15) is 0 Å². The van der Waals surface area contributed by atoms with E-state index in [0.717, 1.165) is 21.9 Å². The summed E-state index contributed by atoms with van der Waals surface area (Å²) in [5, 5.41) is 5.25. The van der Waals surface area contributed by atoms with Crippen molar-refractivity contribution in [2.45, 2.75) is 0 Å². The zero-order valence-electron chi connectivity index (χ0n) is 9.07. The summed E-state index contributed by atoms with van der Waals surface area (Å²) in [7, 11) is 0. The molecule has 0 spiro atoms. The van der Waals surface area contributed by atoms with Crippen LogP contribution in [0.4, 0.5) is 11.4 Å². The van der Waals surface area contributed by atoms with Crippen LogP contribution < -0.4 is 5.32 Å². The average Bonchev–Trinajstić information content (AvgIpc) is 2.76. The second-order valence-electron chi connectivity index (χ2n) is 3.92. The number of benzene rings is 2. The maximum absolute atomic E-state index is 5.94. The van der Waals surface area contributed by atoms with Crippen LogP contribution in [-0.4, -0.2) is 4.98 Å². The van der Waals surface area contributed by atoms with Crippen LogP contribution >= 0.6 is 11.6 Å². The first-order chi connectivity index (χ1) is 8.31. The normalized spacial score (nSPS) is 10.6. The Morgan fingerprint density at radius 1 is 0.941 bits per heavy atom. The fraction of sp³-hybridized carbons (Fsp3) is 0. The Balaban J connectivity index is 1.94. The molecule has 0 amide bonds. The first-order valence-corrected chi connectivity index (χ1v) is 5.79. The summed E-state index contributed by atoms with van der Waals surface area (Å²) < 4.78 is 0. The second kappa shape index (κ2) is 4.15. The van der Waals surface area contributed by atoms with Gasteiger partial charge in [0.2, 0.25) is 0 Å². The van der Waals surface area contributed by atoms with Crippen molar-refractivity contribution in [1.29, 1.82) is 0 Å². The zero-order valence-corrected chi connectivity index (χ0v) is 9.83. The Morgan fingerprint density at radius 3 is 2.71 bits per heavy atom. The molecular weight excluding hydrogens is 232 g/mol. The number of aromatic nitrogens is 1. The summed E-state index contributed by atoms with van der Waals surface area (Å²) in [5.74, 6) is 0. The second-order valence-corrected chi connectivity index (χ2v) is 4.35. The van der Waals surface area contributed by atoms with Gasteiger partial charge in [-0.3, -0.25) is 0 Å². The monoisotopic (exact) mass is 242 g/mol. The Morgan fingerprint density at radius 2 is 1.82 bits per heavy atom. The van der Waals surface area contributed by atoms with Crippen LogP contribution in [0.2, 0.25) is 5.02 Å². The highest BCUT2D eigenvalue weighted by molar-refractivity contribution is 6.30. The third-order valence-corrected chi connectivity index (χ3v) is 2.90. The lowest BCUT2D eigenvalue weighted by Gasteiger charge is -2.06. The molecule has 0 fully saturated rings. The number of hydrogen-bond acceptors (Lipinski definition) is 1. The van der Waals surface area contributed by atoms with E-state index < -0.39 is 0 Å². The molecule has 2 aromatic carbocycles. The fourth-order valence-electron chi connectivity index (χ4n) is 1.86. The molecule has 0 bridgehead atoms. The lowest BCUT2D eigenvalue weighted by Crippen LogP contribution is -1.89. The molecule has 1 aromatic heterocycles. The maximum Gasteiger partial charge on any atom is 0.0455 e. The molecule has 0 aliphatic rings. The van der Waals surface area contributed by atoms with E-state index in [1.54, 1.807) is 0 Å². The summed E-state index contributed by atoms with van der Waals surface area (Å²) in [4.78, 5) is 3.17. The van der Waals surface area contributed by atoms with E-state index in [1.807, 2.05) is 36.5 Å². The van der Waals surface area contributed by atoms with Crippen LogP contribution in [0.1, 0.15) is 0 Å². The van der Waals surface area contributed by atoms with Crippen LogP contribution in [0, 0.1) is 0 Å². The molecule has 0 aliphatic heterocycles. The summed E-state index contributed by atoms with van der Waals surface area (Å²) in [6, 6.07) is 15.9. The van der Waals surface area contributed by atoms with Gasteiger partial charge in [0, 0.05) is 33.5 Å². The van der Waals surface area contributed by atoms with Crippen molar-refractivity contribution in [3.8, 4) is 0 Å². The zero-order chi connectivity index (χ0) is 11.7. The van der Waals surface area contributed by atoms with Gasteiger partial charge in [0.05, 0.1) is 0 Å². The number of fused-ring (bicyclic) bond motifs is 1. The number of aromatic amines is 1. The molecule has 0 saturated carbocycles. The van der Waals surface area contributed by atoms with Crippen molar-refractivity contribution >= 4 is 33.9 Å². The molecule has 2 nitrogen and oxygen atoms in total. The van der Waals surface area contributed by atoms with Crippen molar-refractivity contribution in [2.75, 3.05) is 5.32 Å².